The Morgan fingerprint density at radius 1 is 1.06 bits per heavy atom. The van der Waals surface area contributed by atoms with E-state index in [9.17, 15) is 4.79 Å². The van der Waals surface area contributed by atoms with E-state index in [1.54, 1.807) is 0 Å². The lowest BCUT2D eigenvalue weighted by Crippen LogP contribution is -2.51. The third-order valence-corrected chi connectivity index (χ3v) is 4.52. The molecule has 3 atom stereocenters. The van der Waals surface area contributed by atoms with Gasteiger partial charge in [0.1, 0.15) is 0 Å². The van der Waals surface area contributed by atoms with Gasteiger partial charge in [-0.05, 0) is 56.2 Å². The molecule has 3 rings (SSSR count). The van der Waals surface area contributed by atoms with E-state index >= 15 is 0 Å². The number of nitrogens with one attached hydrogen (secondary N) is 3. The van der Waals surface area contributed by atoms with Crippen LogP contribution in [0.2, 0.25) is 0 Å². The predicted molar refractivity (Wildman–Crippen MR) is 69.0 cm³/mol. The molecule has 5 heteroatoms. The van der Waals surface area contributed by atoms with Crippen molar-refractivity contribution in [1.29, 1.82) is 0 Å². The van der Waals surface area contributed by atoms with E-state index in [-0.39, 0.29) is 11.8 Å². The van der Waals surface area contributed by atoms with Gasteiger partial charge in [0.05, 0.1) is 0 Å². The van der Waals surface area contributed by atoms with Gasteiger partial charge in [0.15, 0.2) is 5.11 Å². The highest BCUT2D eigenvalue weighted by atomic mass is 32.1. The second-order valence-corrected chi connectivity index (χ2v) is 6.05. The molecule has 2 bridgehead atoms. The first-order chi connectivity index (χ1) is 8.22. The van der Waals surface area contributed by atoms with Crippen molar-refractivity contribution in [2.75, 3.05) is 0 Å². The molecule has 94 valence electrons. The number of hydrogen-bond donors (Lipinski definition) is 3. The number of amides is 1. The van der Waals surface area contributed by atoms with Crippen LogP contribution in [0, 0.1) is 17.8 Å². The van der Waals surface area contributed by atoms with E-state index in [0.717, 1.165) is 24.7 Å². The number of hydrogen-bond acceptors (Lipinski definition) is 2. The highest BCUT2D eigenvalue weighted by molar-refractivity contribution is 7.80. The molecule has 1 amide bonds. The Morgan fingerprint density at radius 3 is 2.47 bits per heavy atom. The molecule has 0 aliphatic heterocycles. The molecular weight excluding hydrogens is 234 g/mol. The minimum Gasteiger partial charge on any atom is -0.358 e. The summed E-state index contributed by atoms with van der Waals surface area (Å²) in [5.74, 6) is 1.98. The molecule has 3 saturated carbocycles. The lowest BCUT2D eigenvalue weighted by molar-refractivity contribution is -0.122. The zero-order valence-corrected chi connectivity index (χ0v) is 10.7. The zero-order valence-electron chi connectivity index (χ0n) is 9.87. The van der Waals surface area contributed by atoms with Gasteiger partial charge in [0, 0.05) is 12.0 Å². The molecule has 0 spiro atoms. The van der Waals surface area contributed by atoms with Crippen molar-refractivity contribution in [3.05, 3.63) is 0 Å². The van der Waals surface area contributed by atoms with E-state index in [1.165, 1.54) is 25.7 Å². The Bertz CT molecular complexity index is 343. The Balaban J connectivity index is 1.39. The Labute approximate surface area is 107 Å². The predicted octanol–water partition coefficient (Wildman–Crippen LogP) is 1.08. The van der Waals surface area contributed by atoms with Crippen molar-refractivity contribution in [2.45, 2.75) is 44.6 Å². The molecule has 3 aliphatic rings. The Morgan fingerprint density at radius 2 is 1.88 bits per heavy atom. The number of fused-ring (bicyclic) bond motifs is 2. The molecule has 0 saturated heterocycles. The second kappa shape index (κ2) is 4.44. The minimum atomic E-state index is 0.0714. The average molecular weight is 253 g/mol. The fourth-order valence-electron chi connectivity index (χ4n) is 3.19. The van der Waals surface area contributed by atoms with E-state index in [2.05, 4.69) is 16.2 Å². The summed E-state index contributed by atoms with van der Waals surface area (Å²) in [6, 6.07) is 0.520. The summed E-state index contributed by atoms with van der Waals surface area (Å²) < 4.78 is 0. The summed E-state index contributed by atoms with van der Waals surface area (Å²) in [5.41, 5.74) is 5.48. The molecule has 0 aromatic heterocycles. The Hall–Kier alpha value is -0.840. The van der Waals surface area contributed by atoms with Gasteiger partial charge in [-0.1, -0.05) is 6.42 Å². The average Bonchev–Trinajstić information content (AvgIpc) is 2.97. The maximum atomic E-state index is 11.4. The van der Waals surface area contributed by atoms with Crippen LogP contribution in [-0.2, 0) is 4.79 Å². The van der Waals surface area contributed by atoms with Crippen LogP contribution < -0.4 is 16.2 Å². The molecule has 0 radical (unpaired) electrons. The largest absolute Gasteiger partial charge is 0.358 e. The standard InChI is InChI=1S/C12H19N3OS/c16-11(8-3-4-8)14-15-12(17)13-10-6-7-1-2-9(10)5-7/h7-10H,1-6H2,(H,14,16)(H2,13,15,17)/t7-,9-,10+/m1/s1. The fraction of sp³-hybridized carbons (Fsp3) is 0.833. The lowest BCUT2D eigenvalue weighted by atomic mass is 9.96. The lowest BCUT2D eigenvalue weighted by Gasteiger charge is -2.24. The monoisotopic (exact) mass is 253 g/mol. The first-order valence-electron chi connectivity index (χ1n) is 6.58. The number of thiocarbonyl (C=S) groups is 1. The quantitative estimate of drug-likeness (QED) is 0.509. The molecule has 17 heavy (non-hydrogen) atoms. The number of carbonyl (C=O) groups is 1. The molecule has 3 N–H and O–H groups in total. The summed E-state index contributed by atoms with van der Waals surface area (Å²) in [5, 5.41) is 3.90. The number of rotatable bonds is 2. The van der Waals surface area contributed by atoms with Crippen molar-refractivity contribution < 1.29 is 4.79 Å². The molecule has 0 aromatic rings. The van der Waals surface area contributed by atoms with Crippen molar-refractivity contribution in [3.63, 3.8) is 0 Å². The summed E-state index contributed by atoms with van der Waals surface area (Å²) >= 11 is 5.19. The van der Waals surface area contributed by atoms with Gasteiger partial charge in [-0.15, -0.1) is 0 Å². The molecular formula is C12H19N3OS. The molecule has 0 unspecified atom stereocenters. The van der Waals surface area contributed by atoms with E-state index < -0.39 is 0 Å². The summed E-state index contributed by atoms with van der Waals surface area (Å²) in [6.45, 7) is 0. The van der Waals surface area contributed by atoms with Crippen molar-refractivity contribution in [2.24, 2.45) is 17.8 Å². The fourth-order valence-corrected chi connectivity index (χ4v) is 3.39. The summed E-state index contributed by atoms with van der Waals surface area (Å²) in [6.07, 6.45) is 7.35. The maximum absolute atomic E-state index is 11.4. The van der Waals surface area contributed by atoms with E-state index in [4.69, 9.17) is 12.2 Å². The van der Waals surface area contributed by atoms with Crippen LogP contribution >= 0.6 is 12.2 Å². The van der Waals surface area contributed by atoms with Gasteiger partial charge >= 0.3 is 0 Å². The topological polar surface area (TPSA) is 53.2 Å². The number of hydrazine groups is 1. The van der Waals surface area contributed by atoms with Crippen LogP contribution in [0.25, 0.3) is 0 Å². The third-order valence-electron chi connectivity index (χ3n) is 4.30. The van der Waals surface area contributed by atoms with E-state index in [0.29, 0.717) is 11.2 Å². The van der Waals surface area contributed by atoms with Crippen LogP contribution in [0.5, 0.6) is 0 Å². The van der Waals surface area contributed by atoms with Gasteiger partial charge in [-0.2, -0.15) is 0 Å². The molecule has 3 aliphatic carbocycles. The summed E-state index contributed by atoms with van der Waals surface area (Å²) in [4.78, 5) is 11.4. The SMILES string of the molecule is O=C(NNC(=S)N[C@H]1C[C@@H]2CC[C@@H]1C2)C1CC1. The summed E-state index contributed by atoms with van der Waals surface area (Å²) in [7, 11) is 0. The van der Waals surface area contributed by atoms with Crippen LogP contribution in [0.15, 0.2) is 0 Å². The van der Waals surface area contributed by atoms with Gasteiger partial charge in [-0.25, -0.2) is 0 Å². The smallest absolute Gasteiger partial charge is 0.241 e. The van der Waals surface area contributed by atoms with Crippen molar-refractivity contribution >= 4 is 23.2 Å². The van der Waals surface area contributed by atoms with E-state index in [1.807, 2.05) is 0 Å². The minimum absolute atomic E-state index is 0.0714. The van der Waals surface area contributed by atoms with Gasteiger partial charge in [-0.3, -0.25) is 15.6 Å². The molecule has 3 fully saturated rings. The van der Waals surface area contributed by atoms with Crippen LogP contribution in [0.4, 0.5) is 0 Å². The molecule has 0 heterocycles. The highest BCUT2D eigenvalue weighted by Crippen LogP contribution is 2.44. The van der Waals surface area contributed by atoms with Crippen LogP contribution in [0.1, 0.15) is 38.5 Å². The van der Waals surface area contributed by atoms with Crippen LogP contribution in [-0.4, -0.2) is 17.1 Å². The highest BCUT2D eigenvalue weighted by Gasteiger charge is 2.39. The first-order valence-corrected chi connectivity index (χ1v) is 6.99. The zero-order chi connectivity index (χ0) is 11.8. The van der Waals surface area contributed by atoms with Crippen LogP contribution in [0.3, 0.4) is 0 Å². The van der Waals surface area contributed by atoms with Gasteiger partial charge < -0.3 is 5.32 Å². The van der Waals surface area contributed by atoms with Gasteiger partial charge in [0.2, 0.25) is 5.91 Å². The Kier molecular flexibility index (Phi) is 2.94. The first kappa shape index (κ1) is 11.3. The van der Waals surface area contributed by atoms with Gasteiger partial charge in [0.25, 0.3) is 0 Å². The normalized spacial score (nSPS) is 34.5. The van der Waals surface area contributed by atoms with Crippen molar-refractivity contribution in [3.8, 4) is 0 Å². The second-order valence-electron chi connectivity index (χ2n) is 5.64. The molecule has 0 aromatic carbocycles. The van der Waals surface area contributed by atoms with Crippen molar-refractivity contribution in [1.82, 2.24) is 16.2 Å². The molecule has 4 nitrogen and oxygen atoms in total. The maximum Gasteiger partial charge on any atom is 0.241 e. The third kappa shape index (κ3) is 2.54. The number of carbonyl (C=O) groups excluding carboxylic acids is 1.